The highest BCUT2D eigenvalue weighted by Crippen LogP contribution is 2.26. The SMILES string of the molecule is CC(Cn1ccnc1)NCc1cccc(Cl)c1O. The second-order valence-electron chi connectivity index (χ2n) is 4.29. The molecule has 0 amide bonds. The first-order chi connectivity index (χ1) is 8.66. The third-order valence-corrected chi connectivity index (χ3v) is 3.06. The molecule has 0 bridgehead atoms. The maximum Gasteiger partial charge on any atom is 0.138 e. The lowest BCUT2D eigenvalue weighted by atomic mass is 10.2. The standard InChI is InChI=1S/C13H16ClN3O/c1-10(8-17-6-5-15-9-17)16-7-11-3-2-4-12(14)13(11)18/h2-6,9-10,16,18H,7-8H2,1H3. The number of aromatic nitrogens is 2. The lowest BCUT2D eigenvalue weighted by molar-refractivity contribution is 0.446. The molecule has 18 heavy (non-hydrogen) atoms. The summed E-state index contributed by atoms with van der Waals surface area (Å²) in [7, 11) is 0. The van der Waals surface area contributed by atoms with E-state index in [0.717, 1.165) is 12.1 Å². The number of phenolic OH excluding ortho intramolecular Hbond substituents is 1. The lowest BCUT2D eigenvalue weighted by Crippen LogP contribution is -2.29. The number of halogens is 1. The highest BCUT2D eigenvalue weighted by molar-refractivity contribution is 6.32. The van der Waals surface area contributed by atoms with Crippen molar-refractivity contribution in [3.05, 3.63) is 47.5 Å². The summed E-state index contributed by atoms with van der Waals surface area (Å²) in [5.74, 6) is 0.154. The molecule has 96 valence electrons. The minimum atomic E-state index is 0.154. The fourth-order valence-electron chi connectivity index (χ4n) is 1.76. The molecule has 2 aromatic rings. The Morgan fingerprint density at radius 2 is 2.33 bits per heavy atom. The zero-order chi connectivity index (χ0) is 13.0. The molecule has 0 aliphatic rings. The highest BCUT2D eigenvalue weighted by atomic mass is 35.5. The Bertz CT molecular complexity index is 499. The summed E-state index contributed by atoms with van der Waals surface area (Å²) < 4.78 is 2.01. The summed E-state index contributed by atoms with van der Waals surface area (Å²) in [4.78, 5) is 4.00. The van der Waals surface area contributed by atoms with Crippen LogP contribution in [0.3, 0.4) is 0 Å². The Labute approximate surface area is 111 Å². The molecule has 1 aromatic heterocycles. The molecule has 0 saturated heterocycles. The van der Waals surface area contributed by atoms with Crippen molar-refractivity contribution in [3.63, 3.8) is 0 Å². The molecule has 0 aliphatic carbocycles. The van der Waals surface area contributed by atoms with Crippen LogP contribution in [0.5, 0.6) is 5.75 Å². The normalized spacial score (nSPS) is 12.6. The quantitative estimate of drug-likeness (QED) is 0.873. The topological polar surface area (TPSA) is 50.1 Å². The number of benzene rings is 1. The number of hydrogen-bond donors (Lipinski definition) is 2. The first-order valence-electron chi connectivity index (χ1n) is 5.82. The number of rotatable bonds is 5. The van der Waals surface area contributed by atoms with Gasteiger partial charge in [0.1, 0.15) is 5.75 Å². The molecule has 0 saturated carbocycles. The van der Waals surface area contributed by atoms with E-state index in [1.54, 1.807) is 18.6 Å². The average molecular weight is 266 g/mol. The smallest absolute Gasteiger partial charge is 0.138 e. The van der Waals surface area contributed by atoms with Crippen LogP contribution in [0.25, 0.3) is 0 Å². The van der Waals surface area contributed by atoms with Crippen molar-refractivity contribution in [2.24, 2.45) is 0 Å². The second kappa shape index (κ2) is 5.89. The van der Waals surface area contributed by atoms with E-state index in [4.69, 9.17) is 11.6 Å². The number of nitrogens with zero attached hydrogens (tertiary/aromatic N) is 2. The number of phenols is 1. The molecule has 0 spiro atoms. The number of imidazole rings is 1. The van der Waals surface area contributed by atoms with Gasteiger partial charge in [-0.2, -0.15) is 0 Å². The predicted molar refractivity (Wildman–Crippen MR) is 71.6 cm³/mol. The van der Waals surface area contributed by atoms with Crippen LogP contribution in [-0.4, -0.2) is 20.7 Å². The van der Waals surface area contributed by atoms with Gasteiger partial charge in [0, 0.05) is 37.1 Å². The molecular weight excluding hydrogens is 250 g/mol. The van der Waals surface area contributed by atoms with Crippen LogP contribution in [0.15, 0.2) is 36.9 Å². The van der Waals surface area contributed by atoms with Gasteiger partial charge in [-0.1, -0.05) is 23.7 Å². The molecule has 0 aliphatic heterocycles. The van der Waals surface area contributed by atoms with Gasteiger partial charge in [0.15, 0.2) is 0 Å². The van der Waals surface area contributed by atoms with E-state index in [-0.39, 0.29) is 11.8 Å². The maximum absolute atomic E-state index is 9.78. The Hall–Kier alpha value is -1.52. The highest BCUT2D eigenvalue weighted by Gasteiger charge is 2.07. The van der Waals surface area contributed by atoms with E-state index in [2.05, 4.69) is 17.2 Å². The van der Waals surface area contributed by atoms with E-state index in [0.29, 0.717) is 11.6 Å². The van der Waals surface area contributed by atoms with Crippen LogP contribution in [-0.2, 0) is 13.1 Å². The van der Waals surface area contributed by atoms with E-state index in [9.17, 15) is 5.11 Å². The predicted octanol–water partition coefficient (Wildman–Crippen LogP) is 2.42. The summed E-state index contributed by atoms with van der Waals surface area (Å²) in [6.45, 7) is 3.51. The Morgan fingerprint density at radius 3 is 3.06 bits per heavy atom. The molecule has 1 aromatic carbocycles. The van der Waals surface area contributed by atoms with Gasteiger partial charge in [-0.25, -0.2) is 4.98 Å². The van der Waals surface area contributed by atoms with E-state index >= 15 is 0 Å². The first kappa shape index (κ1) is 12.9. The lowest BCUT2D eigenvalue weighted by Gasteiger charge is -2.15. The van der Waals surface area contributed by atoms with Gasteiger partial charge in [-0.3, -0.25) is 0 Å². The first-order valence-corrected chi connectivity index (χ1v) is 6.20. The fourth-order valence-corrected chi connectivity index (χ4v) is 1.96. The van der Waals surface area contributed by atoms with Crippen molar-refractivity contribution < 1.29 is 5.11 Å². The molecule has 4 nitrogen and oxygen atoms in total. The van der Waals surface area contributed by atoms with Crippen LogP contribution in [0.1, 0.15) is 12.5 Å². The van der Waals surface area contributed by atoms with Crippen molar-refractivity contribution in [1.82, 2.24) is 14.9 Å². The van der Waals surface area contributed by atoms with Gasteiger partial charge < -0.3 is 15.0 Å². The molecule has 1 unspecified atom stereocenters. The van der Waals surface area contributed by atoms with Gasteiger partial charge in [0.2, 0.25) is 0 Å². The summed E-state index contributed by atoms with van der Waals surface area (Å²) >= 11 is 5.85. The summed E-state index contributed by atoms with van der Waals surface area (Å²) in [5, 5.41) is 13.5. The van der Waals surface area contributed by atoms with Crippen molar-refractivity contribution in [2.45, 2.75) is 26.1 Å². The molecule has 1 heterocycles. The summed E-state index contributed by atoms with van der Waals surface area (Å²) in [6, 6.07) is 5.64. The molecule has 1 atom stereocenters. The number of aromatic hydroxyl groups is 1. The van der Waals surface area contributed by atoms with E-state index in [1.165, 1.54) is 0 Å². The van der Waals surface area contributed by atoms with Crippen LogP contribution in [0.4, 0.5) is 0 Å². The average Bonchev–Trinajstić information content (AvgIpc) is 2.84. The van der Waals surface area contributed by atoms with Crippen LogP contribution < -0.4 is 5.32 Å². The van der Waals surface area contributed by atoms with Crippen molar-refractivity contribution in [2.75, 3.05) is 0 Å². The molecule has 5 heteroatoms. The Kier molecular flexibility index (Phi) is 4.23. The van der Waals surface area contributed by atoms with Crippen molar-refractivity contribution in [3.8, 4) is 5.75 Å². The molecule has 0 radical (unpaired) electrons. The zero-order valence-electron chi connectivity index (χ0n) is 10.2. The molecular formula is C13H16ClN3O. The number of hydrogen-bond acceptors (Lipinski definition) is 3. The van der Waals surface area contributed by atoms with Crippen LogP contribution >= 0.6 is 11.6 Å². The van der Waals surface area contributed by atoms with Crippen molar-refractivity contribution >= 4 is 11.6 Å². The Balaban J connectivity index is 1.89. The van der Waals surface area contributed by atoms with Crippen LogP contribution in [0.2, 0.25) is 5.02 Å². The maximum atomic E-state index is 9.78. The monoisotopic (exact) mass is 265 g/mol. The zero-order valence-corrected chi connectivity index (χ0v) is 10.9. The third kappa shape index (κ3) is 3.24. The molecule has 2 N–H and O–H groups in total. The summed E-state index contributed by atoms with van der Waals surface area (Å²) in [5.41, 5.74) is 0.806. The fraction of sp³-hybridized carbons (Fsp3) is 0.308. The van der Waals surface area contributed by atoms with Gasteiger partial charge in [-0.05, 0) is 13.0 Å². The van der Waals surface area contributed by atoms with Crippen LogP contribution in [0, 0.1) is 0 Å². The van der Waals surface area contributed by atoms with Crippen molar-refractivity contribution in [1.29, 1.82) is 0 Å². The largest absolute Gasteiger partial charge is 0.506 e. The van der Waals surface area contributed by atoms with E-state index in [1.807, 2.05) is 22.9 Å². The van der Waals surface area contributed by atoms with Gasteiger partial charge in [0.25, 0.3) is 0 Å². The molecule has 0 fully saturated rings. The minimum absolute atomic E-state index is 0.154. The molecule has 2 rings (SSSR count). The number of nitrogens with one attached hydrogen (secondary N) is 1. The van der Waals surface area contributed by atoms with Gasteiger partial charge >= 0.3 is 0 Å². The van der Waals surface area contributed by atoms with Gasteiger partial charge in [0.05, 0.1) is 11.3 Å². The summed E-state index contributed by atoms with van der Waals surface area (Å²) in [6.07, 6.45) is 5.47. The van der Waals surface area contributed by atoms with E-state index < -0.39 is 0 Å². The third-order valence-electron chi connectivity index (χ3n) is 2.76. The second-order valence-corrected chi connectivity index (χ2v) is 4.70. The van der Waals surface area contributed by atoms with Gasteiger partial charge in [-0.15, -0.1) is 0 Å². The number of para-hydroxylation sites is 1. The Morgan fingerprint density at radius 1 is 1.50 bits per heavy atom. The minimum Gasteiger partial charge on any atom is -0.506 e.